The van der Waals surface area contributed by atoms with Crippen molar-refractivity contribution in [2.75, 3.05) is 0 Å². The monoisotopic (exact) mass is 261 g/mol. The van der Waals surface area contributed by atoms with Crippen LogP contribution in [-0.2, 0) is 6.54 Å². The smallest absolute Gasteiger partial charge is 0.123 e. The van der Waals surface area contributed by atoms with Crippen molar-refractivity contribution in [3.05, 3.63) is 59.4 Å². The van der Waals surface area contributed by atoms with Crippen LogP contribution in [0.4, 0.5) is 4.39 Å². The van der Waals surface area contributed by atoms with Gasteiger partial charge in [-0.25, -0.2) is 4.39 Å². The lowest BCUT2D eigenvalue weighted by Gasteiger charge is -2.16. The lowest BCUT2D eigenvalue weighted by Crippen LogP contribution is -2.18. The number of phenols is 2. The van der Waals surface area contributed by atoms with E-state index in [-0.39, 0.29) is 23.4 Å². The predicted octanol–water partition coefficient (Wildman–Crippen LogP) is 3.09. The fourth-order valence-electron chi connectivity index (χ4n) is 1.87. The fourth-order valence-corrected chi connectivity index (χ4v) is 1.87. The Morgan fingerprint density at radius 2 is 1.79 bits per heavy atom. The van der Waals surface area contributed by atoms with Crippen molar-refractivity contribution < 1.29 is 14.6 Å². The summed E-state index contributed by atoms with van der Waals surface area (Å²) in [5, 5.41) is 22.4. The van der Waals surface area contributed by atoms with Crippen LogP contribution in [0.3, 0.4) is 0 Å². The summed E-state index contributed by atoms with van der Waals surface area (Å²) in [6.07, 6.45) is 0. The van der Waals surface area contributed by atoms with Gasteiger partial charge in [0.2, 0.25) is 0 Å². The molecule has 0 radical (unpaired) electrons. The fraction of sp³-hybridized carbons (Fsp3) is 0.200. The molecule has 2 aromatic rings. The Balaban J connectivity index is 2.03. The summed E-state index contributed by atoms with van der Waals surface area (Å²) >= 11 is 0. The SMILES string of the molecule is CC(NCc1ccc(F)cc1)c1cc(O)ccc1O. The molecular formula is C15H16FNO2. The maximum absolute atomic E-state index is 12.8. The van der Waals surface area contributed by atoms with Crippen molar-refractivity contribution in [2.45, 2.75) is 19.5 Å². The zero-order valence-corrected chi connectivity index (χ0v) is 10.6. The first-order chi connectivity index (χ1) is 9.06. The molecule has 0 bridgehead atoms. The largest absolute Gasteiger partial charge is 0.508 e. The number of nitrogens with one attached hydrogen (secondary N) is 1. The Morgan fingerprint density at radius 1 is 1.11 bits per heavy atom. The van der Waals surface area contributed by atoms with Gasteiger partial charge in [0.1, 0.15) is 17.3 Å². The van der Waals surface area contributed by atoms with Crippen LogP contribution in [0, 0.1) is 5.82 Å². The summed E-state index contributed by atoms with van der Waals surface area (Å²) in [7, 11) is 0. The number of hydrogen-bond donors (Lipinski definition) is 3. The van der Waals surface area contributed by atoms with E-state index in [0.29, 0.717) is 12.1 Å². The lowest BCUT2D eigenvalue weighted by molar-refractivity contribution is 0.440. The molecule has 19 heavy (non-hydrogen) atoms. The van der Waals surface area contributed by atoms with Crippen molar-refractivity contribution >= 4 is 0 Å². The summed E-state index contributed by atoms with van der Waals surface area (Å²) in [5.41, 5.74) is 1.58. The molecule has 4 heteroatoms. The van der Waals surface area contributed by atoms with Crippen LogP contribution in [-0.4, -0.2) is 10.2 Å². The van der Waals surface area contributed by atoms with Gasteiger partial charge in [0, 0.05) is 18.2 Å². The van der Waals surface area contributed by atoms with E-state index in [1.54, 1.807) is 12.1 Å². The second-order valence-corrected chi connectivity index (χ2v) is 4.47. The molecule has 2 aromatic carbocycles. The molecule has 0 aliphatic rings. The van der Waals surface area contributed by atoms with E-state index in [2.05, 4.69) is 5.32 Å². The molecule has 0 heterocycles. The van der Waals surface area contributed by atoms with Crippen LogP contribution < -0.4 is 5.32 Å². The maximum atomic E-state index is 12.8. The number of benzene rings is 2. The van der Waals surface area contributed by atoms with Crippen molar-refractivity contribution in [1.82, 2.24) is 5.32 Å². The van der Waals surface area contributed by atoms with Gasteiger partial charge in [0.25, 0.3) is 0 Å². The lowest BCUT2D eigenvalue weighted by atomic mass is 10.1. The Bertz CT molecular complexity index is 555. The van der Waals surface area contributed by atoms with Gasteiger partial charge in [0.15, 0.2) is 0 Å². The minimum Gasteiger partial charge on any atom is -0.508 e. The van der Waals surface area contributed by atoms with Gasteiger partial charge >= 0.3 is 0 Å². The van der Waals surface area contributed by atoms with Crippen LogP contribution in [0.5, 0.6) is 11.5 Å². The van der Waals surface area contributed by atoms with Gasteiger partial charge in [-0.15, -0.1) is 0 Å². The highest BCUT2D eigenvalue weighted by Gasteiger charge is 2.10. The molecule has 0 aliphatic heterocycles. The van der Waals surface area contributed by atoms with Crippen molar-refractivity contribution in [3.63, 3.8) is 0 Å². The Morgan fingerprint density at radius 3 is 2.47 bits per heavy atom. The number of phenolic OH excluding ortho intramolecular Hbond substituents is 2. The maximum Gasteiger partial charge on any atom is 0.123 e. The van der Waals surface area contributed by atoms with Gasteiger partial charge in [0.05, 0.1) is 0 Å². The summed E-state index contributed by atoms with van der Waals surface area (Å²) < 4.78 is 12.8. The second kappa shape index (κ2) is 5.71. The normalized spacial score (nSPS) is 12.3. The molecule has 0 fully saturated rings. The zero-order chi connectivity index (χ0) is 13.8. The number of rotatable bonds is 4. The number of halogens is 1. The van der Waals surface area contributed by atoms with Crippen LogP contribution in [0.25, 0.3) is 0 Å². The van der Waals surface area contributed by atoms with Crippen LogP contribution in [0.15, 0.2) is 42.5 Å². The van der Waals surface area contributed by atoms with Gasteiger partial charge in [-0.05, 0) is 42.8 Å². The predicted molar refractivity (Wildman–Crippen MR) is 71.4 cm³/mol. The molecule has 0 spiro atoms. The zero-order valence-electron chi connectivity index (χ0n) is 10.6. The minimum atomic E-state index is -0.262. The molecule has 1 atom stereocenters. The van der Waals surface area contributed by atoms with Gasteiger partial charge in [-0.2, -0.15) is 0 Å². The molecule has 3 nitrogen and oxygen atoms in total. The topological polar surface area (TPSA) is 52.5 Å². The van der Waals surface area contributed by atoms with E-state index >= 15 is 0 Å². The first kappa shape index (κ1) is 13.4. The van der Waals surface area contributed by atoms with E-state index in [1.165, 1.54) is 30.3 Å². The van der Waals surface area contributed by atoms with Crippen molar-refractivity contribution in [3.8, 4) is 11.5 Å². The van der Waals surface area contributed by atoms with Crippen molar-refractivity contribution in [2.24, 2.45) is 0 Å². The highest BCUT2D eigenvalue weighted by atomic mass is 19.1. The van der Waals surface area contributed by atoms with E-state index in [0.717, 1.165) is 5.56 Å². The van der Waals surface area contributed by atoms with E-state index < -0.39 is 0 Å². The molecule has 0 aromatic heterocycles. The molecule has 0 saturated carbocycles. The summed E-state index contributed by atoms with van der Waals surface area (Å²) in [6.45, 7) is 2.44. The summed E-state index contributed by atoms with van der Waals surface area (Å²) in [4.78, 5) is 0. The first-order valence-corrected chi connectivity index (χ1v) is 6.06. The third-order valence-corrected chi connectivity index (χ3v) is 3.00. The van der Waals surface area contributed by atoms with E-state index in [1.807, 2.05) is 6.92 Å². The summed E-state index contributed by atoms with van der Waals surface area (Å²) in [5.74, 6) is -0.0115. The quantitative estimate of drug-likeness (QED) is 0.741. The Kier molecular flexibility index (Phi) is 4.02. The van der Waals surface area contributed by atoms with Crippen LogP contribution in [0.1, 0.15) is 24.1 Å². The molecule has 2 rings (SSSR count). The molecular weight excluding hydrogens is 245 g/mol. The third kappa shape index (κ3) is 3.45. The summed E-state index contributed by atoms with van der Waals surface area (Å²) in [6, 6.07) is 10.5. The first-order valence-electron chi connectivity index (χ1n) is 6.06. The van der Waals surface area contributed by atoms with Crippen molar-refractivity contribution in [1.29, 1.82) is 0 Å². The average molecular weight is 261 g/mol. The third-order valence-electron chi connectivity index (χ3n) is 3.00. The Hall–Kier alpha value is -2.07. The number of hydrogen-bond acceptors (Lipinski definition) is 3. The van der Waals surface area contributed by atoms with Crippen LogP contribution >= 0.6 is 0 Å². The average Bonchev–Trinajstić information content (AvgIpc) is 2.40. The highest BCUT2D eigenvalue weighted by Crippen LogP contribution is 2.27. The van der Waals surface area contributed by atoms with Gasteiger partial charge in [-0.1, -0.05) is 12.1 Å². The van der Waals surface area contributed by atoms with Crippen LogP contribution in [0.2, 0.25) is 0 Å². The standard InChI is InChI=1S/C15H16FNO2/c1-10(14-8-13(18)6-7-15(14)19)17-9-11-2-4-12(16)5-3-11/h2-8,10,17-19H,9H2,1H3. The van der Waals surface area contributed by atoms with E-state index in [4.69, 9.17) is 0 Å². The molecule has 100 valence electrons. The van der Waals surface area contributed by atoms with E-state index in [9.17, 15) is 14.6 Å². The van der Waals surface area contributed by atoms with Gasteiger partial charge in [-0.3, -0.25) is 0 Å². The molecule has 0 saturated heterocycles. The molecule has 0 aliphatic carbocycles. The molecule has 3 N–H and O–H groups in total. The molecule has 0 amide bonds. The van der Waals surface area contributed by atoms with Gasteiger partial charge < -0.3 is 15.5 Å². The number of aromatic hydroxyl groups is 2. The Labute approximate surface area is 111 Å². The second-order valence-electron chi connectivity index (χ2n) is 4.47. The minimum absolute atomic E-state index is 0.114. The molecule has 1 unspecified atom stereocenters. The highest BCUT2D eigenvalue weighted by molar-refractivity contribution is 5.40.